The van der Waals surface area contributed by atoms with E-state index in [4.69, 9.17) is 0 Å². The number of nitrogens with zero attached hydrogens (tertiary/aromatic N) is 1. The van der Waals surface area contributed by atoms with Crippen molar-refractivity contribution in [2.45, 2.75) is 58.6 Å². The number of rotatable bonds is 3. The Morgan fingerprint density at radius 3 is 2.53 bits per heavy atom. The molecule has 0 aliphatic carbocycles. The van der Waals surface area contributed by atoms with Gasteiger partial charge < -0.3 is 10.0 Å². The van der Waals surface area contributed by atoms with E-state index in [2.05, 4.69) is 13.8 Å². The number of aliphatic hydroxyl groups is 1. The van der Waals surface area contributed by atoms with Crippen LogP contribution in [0, 0.1) is 5.92 Å². The molecule has 0 bridgehead atoms. The molecule has 0 radical (unpaired) electrons. The molecule has 0 aromatic carbocycles. The zero-order valence-electron chi connectivity index (χ0n) is 10.3. The summed E-state index contributed by atoms with van der Waals surface area (Å²) in [6, 6.07) is 0. The molecule has 1 amide bonds. The molecule has 3 nitrogen and oxygen atoms in total. The molecule has 15 heavy (non-hydrogen) atoms. The summed E-state index contributed by atoms with van der Waals surface area (Å²) in [7, 11) is 0. The monoisotopic (exact) mass is 213 g/mol. The van der Waals surface area contributed by atoms with E-state index in [0.29, 0.717) is 25.3 Å². The second-order valence-corrected chi connectivity index (χ2v) is 5.61. The van der Waals surface area contributed by atoms with Crippen molar-refractivity contribution in [1.82, 2.24) is 4.90 Å². The van der Waals surface area contributed by atoms with Crippen LogP contribution in [0.4, 0.5) is 0 Å². The molecule has 1 aliphatic rings. The Balaban J connectivity index is 2.52. The summed E-state index contributed by atoms with van der Waals surface area (Å²) in [4.78, 5) is 13.8. The Bertz CT molecular complexity index is 236. The summed E-state index contributed by atoms with van der Waals surface area (Å²) >= 11 is 0. The molecule has 1 saturated heterocycles. The minimum absolute atomic E-state index is 0.173. The molecular formula is C12H23NO2. The van der Waals surface area contributed by atoms with Gasteiger partial charge in [0.15, 0.2) is 0 Å². The predicted molar refractivity (Wildman–Crippen MR) is 60.5 cm³/mol. The van der Waals surface area contributed by atoms with Gasteiger partial charge in [-0.2, -0.15) is 0 Å². The van der Waals surface area contributed by atoms with E-state index in [0.717, 1.165) is 6.42 Å². The van der Waals surface area contributed by atoms with E-state index < -0.39 is 0 Å². The zero-order valence-corrected chi connectivity index (χ0v) is 10.3. The highest BCUT2D eigenvalue weighted by Gasteiger charge is 2.39. The van der Waals surface area contributed by atoms with Crippen molar-refractivity contribution in [1.29, 1.82) is 0 Å². The van der Waals surface area contributed by atoms with Crippen LogP contribution in [0.15, 0.2) is 0 Å². The van der Waals surface area contributed by atoms with Crippen molar-refractivity contribution in [3.8, 4) is 0 Å². The molecule has 0 saturated carbocycles. The molecule has 1 unspecified atom stereocenters. The summed E-state index contributed by atoms with van der Waals surface area (Å²) in [6.45, 7) is 8.80. The molecule has 0 aromatic heterocycles. The van der Waals surface area contributed by atoms with Crippen LogP contribution >= 0.6 is 0 Å². The predicted octanol–water partition coefficient (Wildman–Crippen LogP) is 1.79. The summed E-state index contributed by atoms with van der Waals surface area (Å²) < 4.78 is 0. The van der Waals surface area contributed by atoms with Gasteiger partial charge in [-0.25, -0.2) is 0 Å². The van der Waals surface area contributed by atoms with E-state index >= 15 is 0 Å². The van der Waals surface area contributed by atoms with E-state index in [-0.39, 0.29) is 17.6 Å². The Kier molecular flexibility index (Phi) is 3.77. The van der Waals surface area contributed by atoms with Crippen molar-refractivity contribution in [2.75, 3.05) is 6.54 Å². The maximum absolute atomic E-state index is 11.9. The van der Waals surface area contributed by atoms with Crippen LogP contribution in [-0.2, 0) is 4.79 Å². The van der Waals surface area contributed by atoms with Gasteiger partial charge in [0.2, 0.25) is 5.91 Å². The van der Waals surface area contributed by atoms with Gasteiger partial charge >= 0.3 is 0 Å². The number of aliphatic hydroxyl groups excluding tert-OH is 1. The summed E-state index contributed by atoms with van der Waals surface area (Å²) in [5.74, 6) is 0.745. The van der Waals surface area contributed by atoms with Gasteiger partial charge in [0.05, 0.1) is 6.10 Å². The number of likely N-dealkylation sites (tertiary alicyclic amines) is 1. The Morgan fingerprint density at radius 1 is 1.53 bits per heavy atom. The van der Waals surface area contributed by atoms with Gasteiger partial charge in [-0.1, -0.05) is 13.8 Å². The summed E-state index contributed by atoms with van der Waals surface area (Å²) in [5, 5.41) is 9.57. The molecule has 1 rings (SSSR count). The van der Waals surface area contributed by atoms with E-state index in [1.165, 1.54) is 0 Å². The first-order valence-corrected chi connectivity index (χ1v) is 5.81. The fourth-order valence-corrected chi connectivity index (χ4v) is 2.20. The topological polar surface area (TPSA) is 40.5 Å². The van der Waals surface area contributed by atoms with E-state index in [9.17, 15) is 9.90 Å². The average Bonchev–Trinajstić information content (AvgIpc) is 2.35. The zero-order chi connectivity index (χ0) is 11.6. The van der Waals surface area contributed by atoms with Gasteiger partial charge in [-0.15, -0.1) is 0 Å². The van der Waals surface area contributed by atoms with Gasteiger partial charge in [0, 0.05) is 18.5 Å². The van der Waals surface area contributed by atoms with Crippen molar-refractivity contribution < 1.29 is 9.90 Å². The van der Waals surface area contributed by atoms with E-state index in [1.54, 1.807) is 0 Å². The summed E-state index contributed by atoms with van der Waals surface area (Å²) in [6.07, 6.45) is 1.89. The van der Waals surface area contributed by atoms with Crippen molar-refractivity contribution >= 4 is 5.91 Å². The van der Waals surface area contributed by atoms with E-state index in [1.807, 2.05) is 18.7 Å². The van der Waals surface area contributed by atoms with Crippen LogP contribution in [0.25, 0.3) is 0 Å². The SMILES string of the molecule is CC(C)CCC(=O)N1CC(O)CC1(C)C. The third kappa shape index (κ3) is 3.20. The van der Waals surface area contributed by atoms with Crippen molar-refractivity contribution in [2.24, 2.45) is 5.92 Å². The fourth-order valence-electron chi connectivity index (χ4n) is 2.20. The highest BCUT2D eigenvalue weighted by Crippen LogP contribution is 2.29. The quantitative estimate of drug-likeness (QED) is 0.776. The largest absolute Gasteiger partial charge is 0.391 e. The highest BCUT2D eigenvalue weighted by molar-refractivity contribution is 5.77. The third-order valence-corrected chi connectivity index (χ3v) is 3.10. The molecule has 0 aromatic rings. The summed E-state index contributed by atoms with van der Waals surface area (Å²) in [5.41, 5.74) is -0.173. The Hall–Kier alpha value is -0.570. The molecule has 1 fully saturated rings. The molecular weight excluding hydrogens is 190 g/mol. The standard InChI is InChI=1S/C12H23NO2/c1-9(2)5-6-11(15)13-8-10(14)7-12(13,3)4/h9-10,14H,5-8H2,1-4H3. The van der Waals surface area contributed by atoms with Gasteiger partial charge in [0.1, 0.15) is 0 Å². The molecule has 3 heteroatoms. The first kappa shape index (κ1) is 12.5. The second kappa shape index (κ2) is 4.52. The van der Waals surface area contributed by atoms with Crippen molar-refractivity contribution in [3.63, 3.8) is 0 Å². The molecule has 88 valence electrons. The van der Waals surface area contributed by atoms with Crippen LogP contribution in [0.5, 0.6) is 0 Å². The lowest BCUT2D eigenvalue weighted by Gasteiger charge is -2.31. The van der Waals surface area contributed by atoms with Crippen molar-refractivity contribution in [3.05, 3.63) is 0 Å². The Labute approximate surface area is 92.5 Å². The molecule has 1 aliphatic heterocycles. The number of β-amino-alcohol motifs (C(OH)–C–C–N with tert-alkyl or cyclic N) is 1. The van der Waals surface area contributed by atoms with Crippen LogP contribution in [-0.4, -0.2) is 34.1 Å². The van der Waals surface area contributed by atoms with Crippen LogP contribution in [0.1, 0.15) is 47.0 Å². The third-order valence-electron chi connectivity index (χ3n) is 3.10. The Morgan fingerprint density at radius 2 is 2.13 bits per heavy atom. The number of carbonyl (C=O) groups is 1. The minimum atomic E-state index is -0.344. The molecule has 0 spiro atoms. The van der Waals surface area contributed by atoms with Gasteiger partial charge in [-0.3, -0.25) is 4.79 Å². The molecule has 1 heterocycles. The maximum Gasteiger partial charge on any atom is 0.223 e. The normalized spacial score (nSPS) is 24.9. The smallest absolute Gasteiger partial charge is 0.223 e. The molecule has 1 N–H and O–H groups in total. The lowest BCUT2D eigenvalue weighted by atomic mass is 10.0. The molecule has 1 atom stereocenters. The number of amides is 1. The van der Waals surface area contributed by atoms with Crippen LogP contribution in [0.2, 0.25) is 0 Å². The minimum Gasteiger partial charge on any atom is -0.391 e. The average molecular weight is 213 g/mol. The number of hydrogen-bond donors (Lipinski definition) is 1. The first-order valence-electron chi connectivity index (χ1n) is 5.81. The fraction of sp³-hybridized carbons (Fsp3) is 0.917. The van der Waals surface area contributed by atoms with Crippen LogP contribution in [0.3, 0.4) is 0 Å². The second-order valence-electron chi connectivity index (χ2n) is 5.61. The first-order chi connectivity index (χ1) is 6.83. The number of hydrogen-bond acceptors (Lipinski definition) is 2. The van der Waals surface area contributed by atoms with Gasteiger partial charge in [-0.05, 0) is 32.6 Å². The van der Waals surface area contributed by atoms with Crippen LogP contribution < -0.4 is 0 Å². The lowest BCUT2D eigenvalue weighted by Crippen LogP contribution is -2.42. The maximum atomic E-state index is 11.9. The highest BCUT2D eigenvalue weighted by atomic mass is 16.3. The lowest BCUT2D eigenvalue weighted by molar-refractivity contribution is -0.134. The number of carbonyl (C=O) groups excluding carboxylic acids is 1. The van der Waals surface area contributed by atoms with Gasteiger partial charge in [0.25, 0.3) is 0 Å².